The number of hydrogen-bond acceptors (Lipinski definition) is 3. The second-order valence-electron chi connectivity index (χ2n) is 6.30. The first kappa shape index (κ1) is 19.2. The summed E-state index contributed by atoms with van der Waals surface area (Å²) in [6.45, 7) is -0.170. The summed E-state index contributed by atoms with van der Waals surface area (Å²) < 4.78 is 19.6. The zero-order chi connectivity index (χ0) is 20.5. The van der Waals surface area contributed by atoms with Crippen molar-refractivity contribution in [1.29, 1.82) is 0 Å². The van der Waals surface area contributed by atoms with Crippen LogP contribution in [-0.4, -0.2) is 16.8 Å². The lowest BCUT2D eigenvalue weighted by Gasteiger charge is -2.12. The van der Waals surface area contributed by atoms with E-state index >= 15 is 0 Å². The number of benzene rings is 2. The van der Waals surface area contributed by atoms with Crippen LogP contribution in [-0.2, 0) is 11.3 Å². The third-order valence-corrected chi connectivity index (χ3v) is 4.92. The molecule has 1 aliphatic heterocycles. The first-order valence-electron chi connectivity index (χ1n) is 8.55. The van der Waals surface area contributed by atoms with Crippen molar-refractivity contribution in [3.63, 3.8) is 0 Å². The SMILES string of the molecule is O=C1N/C(=C/c2ccc(-c3cc(Cl)ccc3Cl)o2)C(=O)N1Cc1ccccc1F. The van der Waals surface area contributed by atoms with Crippen LogP contribution in [0.25, 0.3) is 17.4 Å². The molecule has 5 nitrogen and oxygen atoms in total. The van der Waals surface area contributed by atoms with Gasteiger partial charge < -0.3 is 9.73 Å². The van der Waals surface area contributed by atoms with E-state index in [0.717, 1.165) is 4.90 Å². The fourth-order valence-electron chi connectivity index (χ4n) is 2.92. The number of carbonyl (C=O) groups excluding carboxylic acids is 2. The first-order valence-corrected chi connectivity index (χ1v) is 9.31. The Kier molecular flexibility index (Phi) is 5.13. The van der Waals surface area contributed by atoms with Gasteiger partial charge in [0.2, 0.25) is 0 Å². The molecule has 146 valence electrons. The van der Waals surface area contributed by atoms with Crippen molar-refractivity contribution in [2.75, 3.05) is 0 Å². The van der Waals surface area contributed by atoms with Crippen LogP contribution in [0.15, 0.2) is 64.7 Å². The third kappa shape index (κ3) is 3.90. The Balaban J connectivity index is 1.57. The second kappa shape index (κ2) is 7.73. The van der Waals surface area contributed by atoms with Gasteiger partial charge in [-0.05, 0) is 36.4 Å². The molecule has 1 N–H and O–H groups in total. The van der Waals surface area contributed by atoms with E-state index in [1.807, 2.05) is 0 Å². The van der Waals surface area contributed by atoms with E-state index in [1.165, 1.54) is 24.3 Å². The molecule has 0 aliphatic carbocycles. The van der Waals surface area contributed by atoms with Crippen molar-refractivity contribution < 1.29 is 18.4 Å². The lowest BCUT2D eigenvalue weighted by molar-refractivity contribution is -0.123. The number of carbonyl (C=O) groups is 2. The molecular weight excluding hydrogens is 418 g/mol. The van der Waals surface area contributed by atoms with Crippen molar-refractivity contribution in [2.45, 2.75) is 6.54 Å². The molecular formula is C21H13Cl2FN2O3. The monoisotopic (exact) mass is 430 g/mol. The van der Waals surface area contributed by atoms with Crippen molar-refractivity contribution in [2.24, 2.45) is 0 Å². The highest BCUT2D eigenvalue weighted by molar-refractivity contribution is 6.35. The van der Waals surface area contributed by atoms with E-state index in [9.17, 15) is 14.0 Å². The summed E-state index contributed by atoms with van der Waals surface area (Å²) in [5.74, 6) is -0.256. The fourth-order valence-corrected chi connectivity index (χ4v) is 3.30. The maximum atomic E-state index is 13.8. The van der Waals surface area contributed by atoms with Crippen LogP contribution in [0.2, 0.25) is 10.0 Å². The van der Waals surface area contributed by atoms with Gasteiger partial charge in [0, 0.05) is 22.2 Å². The third-order valence-electron chi connectivity index (χ3n) is 4.36. The van der Waals surface area contributed by atoms with E-state index in [0.29, 0.717) is 27.1 Å². The summed E-state index contributed by atoms with van der Waals surface area (Å²) in [6, 6.07) is 13.6. The number of urea groups is 1. The number of halogens is 3. The van der Waals surface area contributed by atoms with Gasteiger partial charge in [0.1, 0.15) is 23.0 Å². The van der Waals surface area contributed by atoms with Gasteiger partial charge in [-0.25, -0.2) is 9.18 Å². The maximum Gasteiger partial charge on any atom is 0.329 e. The quantitative estimate of drug-likeness (QED) is 0.439. The second-order valence-corrected chi connectivity index (χ2v) is 7.14. The molecule has 0 unspecified atom stereocenters. The number of nitrogens with zero attached hydrogens (tertiary/aromatic N) is 1. The Morgan fingerprint density at radius 2 is 1.86 bits per heavy atom. The fraction of sp³-hybridized carbons (Fsp3) is 0.0476. The zero-order valence-corrected chi connectivity index (χ0v) is 16.3. The standard InChI is InChI=1S/C21H13Cl2FN2O3/c22-13-5-7-16(23)15(9-13)19-8-6-14(29-19)10-18-20(27)26(21(28)25-18)11-12-3-1-2-4-17(12)24/h1-10H,11H2,(H,25,28)/b18-10+. The molecule has 3 aromatic rings. The Morgan fingerprint density at radius 1 is 1.07 bits per heavy atom. The minimum absolute atomic E-state index is 0.0319. The minimum atomic E-state index is -0.630. The van der Waals surface area contributed by atoms with E-state index in [4.69, 9.17) is 27.6 Å². The molecule has 29 heavy (non-hydrogen) atoms. The molecule has 2 aromatic carbocycles. The molecule has 3 amide bonds. The number of amides is 3. The van der Waals surface area contributed by atoms with Crippen molar-refractivity contribution >= 4 is 41.2 Å². The van der Waals surface area contributed by atoms with Gasteiger partial charge in [-0.15, -0.1) is 0 Å². The highest BCUT2D eigenvalue weighted by atomic mass is 35.5. The predicted octanol–water partition coefficient (Wildman–Crippen LogP) is 5.49. The largest absolute Gasteiger partial charge is 0.457 e. The molecule has 0 saturated carbocycles. The molecule has 0 bridgehead atoms. The molecule has 4 rings (SSSR count). The highest BCUT2D eigenvalue weighted by Crippen LogP contribution is 2.32. The normalized spacial score (nSPS) is 15.3. The molecule has 8 heteroatoms. The summed E-state index contributed by atoms with van der Waals surface area (Å²) in [5.41, 5.74) is 0.879. The Bertz CT molecular complexity index is 1160. The van der Waals surface area contributed by atoms with Gasteiger partial charge in [-0.3, -0.25) is 9.69 Å². The Hall–Kier alpha value is -3.09. The summed E-state index contributed by atoms with van der Waals surface area (Å²) in [6.07, 6.45) is 1.41. The number of rotatable bonds is 4. The van der Waals surface area contributed by atoms with E-state index in [1.54, 1.807) is 36.4 Å². The van der Waals surface area contributed by atoms with Gasteiger partial charge >= 0.3 is 6.03 Å². The van der Waals surface area contributed by atoms with E-state index in [-0.39, 0.29) is 17.8 Å². The Morgan fingerprint density at radius 3 is 2.66 bits per heavy atom. The van der Waals surface area contributed by atoms with E-state index < -0.39 is 17.8 Å². The number of furan rings is 1. The molecule has 1 fully saturated rings. The van der Waals surface area contributed by atoms with Gasteiger partial charge in [-0.2, -0.15) is 0 Å². The van der Waals surface area contributed by atoms with Crippen LogP contribution in [0.5, 0.6) is 0 Å². The number of hydrogen-bond donors (Lipinski definition) is 1. The summed E-state index contributed by atoms with van der Waals surface area (Å²) >= 11 is 12.2. The summed E-state index contributed by atoms with van der Waals surface area (Å²) in [4.78, 5) is 25.7. The topological polar surface area (TPSA) is 62.6 Å². The predicted molar refractivity (Wildman–Crippen MR) is 108 cm³/mol. The summed E-state index contributed by atoms with van der Waals surface area (Å²) in [7, 11) is 0. The van der Waals surface area contributed by atoms with Crippen LogP contribution in [0.3, 0.4) is 0 Å². The van der Waals surface area contributed by atoms with Crippen LogP contribution in [0.4, 0.5) is 9.18 Å². The van der Waals surface area contributed by atoms with Crippen LogP contribution in [0.1, 0.15) is 11.3 Å². The van der Waals surface area contributed by atoms with Crippen LogP contribution < -0.4 is 5.32 Å². The van der Waals surface area contributed by atoms with Gasteiger partial charge in [0.25, 0.3) is 5.91 Å². The maximum absolute atomic E-state index is 13.8. The van der Waals surface area contributed by atoms with E-state index in [2.05, 4.69) is 5.32 Å². The lowest BCUT2D eigenvalue weighted by atomic mass is 10.2. The van der Waals surface area contributed by atoms with Crippen molar-refractivity contribution in [1.82, 2.24) is 10.2 Å². The molecule has 0 atom stereocenters. The molecule has 1 saturated heterocycles. The highest BCUT2D eigenvalue weighted by Gasteiger charge is 2.34. The van der Waals surface area contributed by atoms with Crippen molar-refractivity contribution in [3.05, 3.63) is 87.5 Å². The van der Waals surface area contributed by atoms with Gasteiger partial charge in [-0.1, -0.05) is 41.4 Å². The van der Waals surface area contributed by atoms with Gasteiger partial charge in [0.15, 0.2) is 0 Å². The average molecular weight is 431 g/mol. The van der Waals surface area contributed by atoms with Gasteiger partial charge in [0.05, 0.1) is 11.6 Å². The average Bonchev–Trinajstić information content (AvgIpc) is 3.25. The van der Waals surface area contributed by atoms with Crippen LogP contribution in [0, 0.1) is 5.82 Å². The first-order chi connectivity index (χ1) is 13.9. The summed E-state index contributed by atoms with van der Waals surface area (Å²) in [5, 5.41) is 3.45. The smallest absolute Gasteiger partial charge is 0.329 e. The minimum Gasteiger partial charge on any atom is -0.457 e. The number of imide groups is 1. The molecule has 2 heterocycles. The number of nitrogens with one attached hydrogen (secondary N) is 1. The van der Waals surface area contributed by atoms with Crippen molar-refractivity contribution in [3.8, 4) is 11.3 Å². The molecule has 0 radical (unpaired) electrons. The zero-order valence-electron chi connectivity index (χ0n) is 14.8. The molecule has 1 aromatic heterocycles. The van der Waals surface area contributed by atoms with Crippen LogP contribution >= 0.6 is 23.2 Å². The Labute approximate surface area is 175 Å². The lowest BCUT2D eigenvalue weighted by Crippen LogP contribution is -2.30. The molecule has 0 spiro atoms. The molecule has 1 aliphatic rings.